The van der Waals surface area contributed by atoms with Gasteiger partial charge in [-0.2, -0.15) is 0 Å². The summed E-state index contributed by atoms with van der Waals surface area (Å²) in [6.45, 7) is 3.24. The number of rotatable bonds is 9. The van der Waals surface area contributed by atoms with Gasteiger partial charge in [-0.15, -0.1) is 0 Å². The van der Waals surface area contributed by atoms with Crippen molar-refractivity contribution >= 4 is 24.0 Å². The number of imidazole rings is 2. The van der Waals surface area contributed by atoms with Crippen molar-refractivity contribution in [3.8, 4) is 33.6 Å². The van der Waals surface area contributed by atoms with Crippen LogP contribution in [0.15, 0.2) is 60.9 Å². The highest BCUT2D eigenvalue weighted by atomic mass is 16.5. The first kappa shape index (κ1) is 35.1. The molecule has 4 amide bonds. The summed E-state index contributed by atoms with van der Waals surface area (Å²) in [6, 6.07) is 13.0. The van der Waals surface area contributed by atoms with Gasteiger partial charge in [0, 0.05) is 25.9 Å². The van der Waals surface area contributed by atoms with E-state index in [-0.39, 0.29) is 25.4 Å². The number of aliphatic hydroxyl groups is 2. The Bertz CT molecular complexity index is 1890. The summed E-state index contributed by atoms with van der Waals surface area (Å²) >= 11 is 0. The van der Waals surface area contributed by atoms with E-state index < -0.39 is 54.5 Å². The van der Waals surface area contributed by atoms with E-state index in [1.165, 1.54) is 23.8 Å². The number of benzene rings is 2. The summed E-state index contributed by atoms with van der Waals surface area (Å²) in [7, 11) is 1.22. The zero-order valence-electron chi connectivity index (χ0n) is 28.2. The van der Waals surface area contributed by atoms with E-state index in [0.717, 1.165) is 33.6 Å². The van der Waals surface area contributed by atoms with E-state index in [9.17, 15) is 29.4 Å². The summed E-state index contributed by atoms with van der Waals surface area (Å²) < 4.78 is 4.60. The fourth-order valence-corrected chi connectivity index (χ4v) is 6.66. The zero-order valence-corrected chi connectivity index (χ0v) is 28.2. The van der Waals surface area contributed by atoms with Crippen molar-refractivity contribution in [3.05, 3.63) is 72.6 Å². The molecule has 0 bridgehead atoms. The number of aromatic nitrogens is 4. The van der Waals surface area contributed by atoms with Crippen molar-refractivity contribution < 1.29 is 39.2 Å². The molecule has 2 saturated heterocycles. The molecule has 4 heterocycles. The third-order valence-corrected chi connectivity index (χ3v) is 9.27. The van der Waals surface area contributed by atoms with Crippen molar-refractivity contribution in [1.29, 1.82) is 0 Å². The molecule has 16 nitrogen and oxygen atoms in total. The lowest BCUT2D eigenvalue weighted by molar-refractivity contribution is -0.135. The summed E-state index contributed by atoms with van der Waals surface area (Å²) in [5.41, 5.74) is 5.20. The van der Waals surface area contributed by atoms with Crippen LogP contribution < -0.4 is 10.6 Å². The second-order valence-corrected chi connectivity index (χ2v) is 12.8. The van der Waals surface area contributed by atoms with Gasteiger partial charge in [-0.3, -0.25) is 9.59 Å². The van der Waals surface area contributed by atoms with E-state index >= 15 is 0 Å². The minimum atomic E-state index is -1.30. The summed E-state index contributed by atoms with van der Waals surface area (Å²) in [5.74, 6) is 0.258. The van der Waals surface area contributed by atoms with Crippen LogP contribution in [0.3, 0.4) is 0 Å². The van der Waals surface area contributed by atoms with Crippen LogP contribution in [-0.2, 0) is 14.3 Å². The number of ether oxygens (including phenoxy) is 1. The number of aromatic amines is 2. The minimum Gasteiger partial charge on any atom is -0.465 e. The van der Waals surface area contributed by atoms with E-state index in [4.69, 9.17) is 5.11 Å². The molecule has 51 heavy (non-hydrogen) atoms. The fourth-order valence-electron chi connectivity index (χ4n) is 6.66. The standard InChI is InChI=1S/C35H40N8O8/c1-18(38-34(48)49)32(46)42-16-24(44)12-28(42)30-36-14-26(40-30)22-8-4-20(5-9-22)21-6-10-23(11-7-21)27-15-37-31(41-27)29-13-25(45)17-43(29)33(47)19(2)39-35(50)51-3/h4-11,14-15,18-19,24-25,28-29,38,44-45H,12-13,16-17H2,1-3H3,(H,36,40)(H,37,41)(H,39,50)(H,48,49)/t18-,19-,24-,25-,28-,29-/m0/s1. The van der Waals surface area contributed by atoms with Crippen LogP contribution in [0.5, 0.6) is 0 Å². The number of methoxy groups -OCH3 is 1. The van der Waals surface area contributed by atoms with Gasteiger partial charge >= 0.3 is 12.2 Å². The number of amides is 4. The van der Waals surface area contributed by atoms with Crippen molar-refractivity contribution in [3.63, 3.8) is 0 Å². The molecule has 2 fully saturated rings. The van der Waals surface area contributed by atoms with Crippen LogP contribution in [0.2, 0.25) is 0 Å². The maximum absolute atomic E-state index is 13.1. The van der Waals surface area contributed by atoms with Gasteiger partial charge in [0.2, 0.25) is 11.8 Å². The Balaban J connectivity index is 1.11. The smallest absolute Gasteiger partial charge is 0.407 e. The van der Waals surface area contributed by atoms with Crippen LogP contribution in [0.1, 0.15) is 50.4 Å². The van der Waals surface area contributed by atoms with Crippen LogP contribution in [-0.4, -0.2) is 114 Å². The molecule has 0 saturated carbocycles. The highest BCUT2D eigenvalue weighted by molar-refractivity contribution is 5.86. The number of alkyl carbamates (subject to hydrolysis) is 1. The third-order valence-electron chi connectivity index (χ3n) is 9.27. The van der Waals surface area contributed by atoms with Crippen LogP contribution in [0.4, 0.5) is 9.59 Å². The van der Waals surface area contributed by atoms with Crippen LogP contribution in [0.25, 0.3) is 33.6 Å². The first-order chi connectivity index (χ1) is 24.4. The number of carbonyl (C=O) groups excluding carboxylic acids is 3. The Morgan fingerprint density at radius 3 is 1.51 bits per heavy atom. The minimum absolute atomic E-state index is 0.0848. The van der Waals surface area contributed by atoms with E-state index in [1.807, 2.05) is 48.5 Å². The number of β-amino-alcohol motifs (C(OH)–C–C–N with tert-alkyl or cyclic N) is 2. The van der Waals surface area contributed by atoms with Gasteiger partial charge < -0.3 is 50.5 Å². The van der Waals surface area contributed by atoms with Crippen molar-refractivity contribution in [2.75, 3.05) is 20.2 Å². The molecule has 268 valence electrons. The molecule has 7 N–H and O–H groups in total. The number of H-pyrrole nitrogens is 2. The largest absolute Gasteiger partial charge is 0.465 e. The summed E-state index contributed by atoms with van der Waals surface area (Å²) in [6.07, 6.45) is 0.469. The number of nitrogens with one attached hydrogen (secondary N) is 4. The van der Waals surface area contributed by atoms with Crippen molar-refractivity contribution in [2.45, 2.75) is 63.1 Å². The SMILES string of the molecule is COC(=O)N[C@@H](C)C(=O)N1C[C@@H](O)C[C@H]1c1ncc(-c2ccc(-c3ccc(-c4cnc([C@@H]5C[C@H](O)CN5C(=O)[C@H](C)NC(=O)O)[nH]4)cc3)cc2)[nH]1. The third kappa shape index (κ3) is 7.56. The Hall–Kier alpha value is -5.74. The topological polar surface area (TPSA) is 226 Å². The fraction of sp³-hybridized carbons (Fsp3) is 0.371. The number of carboxylic acid groups (broad SMARTS) is 1. The molecule has 16 heteroatoms. The molecule has 0 unspecified atom stereocenters. The second-order valence-electron chi connectivity index (χ2n) is 12.8. The molecule has 0 spiro atoms. The Kier molecular flexibility index (Phi) is 10.1. The molecule has 0 radical (unpaired) electrons. The average Bonchev–Trinajstić information content (AvgIpc) is 3.94. The molecule has 2 aromatic carbocycles. The normalized spacial score (nSPS) is 21.3. The Labute approximate surface area is 292 Å². The molecule has 6 rings (SSSR count). The van der Waals surface area contributed by atoms with Crippen LogP contribution in [0, 0.1) is 0 Å². The number of carbonyl (C=O) groups is 4. The quantitative estimate of drug-likeness (QED) is 0.135. The number of aliphatic hydroxyl groups excluding tert-OH is 2. The number of hydrogen-bond acceptors (Lipinski definition) is 9. The van der Waals surface area contributed by atoms with Crippen molar-refractivity contribution in [2.24, 2.45) is 0 Å². The van der Waals surface area contributed by atoms with E-state index in [2.05, 4.69) is 35.3 Å². The van der Waals surface area contributed by atoms with Gasteiger partial charge in [0.05, 0.1) is 55.2 Å². The molecular formula is C35H40N8O8. The zero-order chi connectivity index (χ0) is 36.4. The molecule has 6 atom stereocenters. The van der Waals surface area contributed by atoms with Gasteiger partial charge in [0.1, 0.15) is 23.7 Å². The van der Waals surface area contributed by atoms with E-state index in [1.54, 1.807) is 19.3 Å². The molecule has 2 aliphatic rings. The second kappa shape index (κ2) is 14.6. The van der Waals surface area contributed by atoms with Gasteiger partial charge in [0.15, 0.2) is 0 Å². The molecule has 0 aliphatic carbocycles. The molecular weight excluding hydrogens is 660 g/mol. The highest BCUT2D eigenvalue weighted by Gasteiger charge is 2.40. The van der Waals surface area contributed by atoms with E-state index in [0.29, 0.717) is 18.1 Å². The Morgan fingerprint density at radius 2 is 1.12 bits per heavy atom. The predicted molar refractivity (Wildman–Crippen MR) is 183 cm³/mol. The average molecular weight is 701 g/mol. The van der Waals surface area contributed by atoms with Crippen molar-refractivity contribution in [1.82, 2.24) is 40.4 Å². The first-order valence-corrected chi connectivity index (χ1v) is 16.5. The predicted octanol–water partition coefficient (Wildman–Crippen LogP) is 2.80. The summed E-state index contributed by atoms with van der Waals surface area (Å²) in [5, 5.41) is 34.3. The number of nitrogens with zero attached hydrogens (tertiary/aromatic N) is 4. The maximum atomic E-state index is 13.1. The number of hydrogen-bond donors (Lipinski definition) is 7. The van der Waals surface area contributed by atoms with Gasteiger partial charge in [0.25, 0.3) is 0 Å². The lowest BCUT2D eigenvalue weighted by atomic mass is 10.0. The molecule has 2 aliphatic heterocycles. The Morgan fingerprint density at radius 1 is 0.725 bits per heavy atom. The lowest BCUT2D eigenvalue weighted by Gasteiger charge is -2.26. The van der Waals surface area contributed by atoms with Gasteiger partial charge in [-0.25, -0.2) is 19.6 Å². The highest BCUT2D eigenvalue weighted by Crippen LogP contribution is 2.34. The maximum Gasteiger partial charge on any atom is 0.407 e. The first-order valence-electron chi connectivity index (χ1n) is 16.5. The lowest BCUT2D eigenvalue weighted by Crippen LogP contribution is -2.47. The van der Waals surface area contributed by atoms with Crippen LogP contribution >= 0.6 is 0 Å². The molecule has 2 aromatic heterocycles. The summed E-state index contributed by atoms with van der Waals surface area (Å²) in [4.78, 5) is 67.2. The van der Waals surface area contributed by atoms with Gasteiger partial charge in [-0.05, 0) is 36.1 Å². The monoisotopic (exact) mass is 700 g/mol. The molecule has 4 aromatic rings. The van der Waals surface area contributed by atoms with Gasteiger partial charge in [-0.1, -0.05) is 48.5 Å². The number of likely N-dealkylation sites (tertiary alicyclic amines) is 2.